The van der Waals surface area contributed by atoms with E-state index < -0.39 is 0 Å². The predicted molar refractivity (Wildman–Crippen MR) is 65.4 cm³/mol. The van der Waals surface area contributed by atoms with E-state index in [9.17, 15) is 9.90 Å². The molecule has 1 amide bonds. The smallest absolute Gasteiger partial charge is 0.228 e. The Balaban J connectivity index is 2.18. The Morgan fingerprint density at radius 2 is 2.50 bits per heavy atom. The Kier molecular flexibility index (Phi) is 3.55. The van der Waals surface area contributed by atoms with Gasteiger partial charge >= 0.3 is 0 Å². The fraction of sp³-hybridized carbons (Fsp3) is 0.400. The van der Waals surface area contributed by atoms with E-state index in [0.29, 0.717) is 11.6 Å². The third-order valence-electron chi connectivity index (χ3n) is 2.68. The summed E-state index contributed by atoms with van der Waals surface area (Å²) >= 11 is 5.68. The maximum absolute atomic E-state index is 11.8. The summed E-state index contributed by atoms with van der Waals surface area (Å²) in [5.41, 5.74) is 8.24. The van der Waals surface area contributed by atoms with Crippen LogP contribution in [0, 0.1) is 5.92 Å². The maximum Gasteiger partial charge on any atom is 0.228 e. The lowest BCUT2D eigenvalue weighted by Gasteiger charge is -2.16. The average molecular weight is 268 g/mol. The van der Waals surface area contributed by atoms with Crippen molar-refractivity contribution in [2.75, 3.05) is 18.0 Å². The summed E-state index contributed by atoms with van der Waals surface area (Å²) in [6, 6.07) is 1.33. The minimum Gasteiger partial charge on any atom is -0.504 e. The molecular weight excluding hydrogens is 258 g/mol. The molecule has 0 bridgehead atoms. The van der Waals surface area contributed by atoms with E-state index in [2.05, 4.69) is 15.0 Å². The van der Waals surface area contributed by atoms with Crippen molar-refractivity contribution in [1.29, 1.82) is 0 Å². The second kappa shape index (κ2) is 5.12. The molecule has 0 spiro atoms. The number of anilines is 1. The van der Waals surface area contributed by atoms with Crippen molar-refractivity contribution in [2.24, 2.45) is 11.0 Å². The summed E-state index contributed by atoms with van der Waals surface area (Å²) in [7, 11) is 0. The van der Waals surface area contributed by atoms with Gasteiger partial charge in [-0.3, -0.25) is 9.69 Å². The minimum absolute atomic E-state index is 0.0507. The molecule has 94 valence electrons. The second-order valence-corrected chi connectivity index (χ2v) is 4.42. The predicted octanol–water partition coefficient (Wildman–Crippen LogP) is 2.10. The van der Waals surface area contributed by atoms with Gasteiger partial charge in [-0.2, -0.15) is 0 Å². The molecule has 1 aliphatic rings. The standard InChI is InChI=1S/C10H10ClN5O2/c11-7-2-8(17)10(13-4-7)16-5-6(1-9(16)18)3-14-15-12/h2,4,6,17H,1,3,5H2. The lowest BCUT2D eigenvalue weighted by atomic mass is 10.1. The monoisotopic (exact) mass is 267 g/mol. The van der Waals surface area contributed by atoms with Gasteiger partial charge in [0.05, 0.1) is 5.02 Å². The van der Waals surface area contributed by atoms with E-state index in [4.69, 9.17) is 17.1 Å². The van der Waals surface area contributed by atoms with Crippen LogP contribution in [0.5, 0.6) is 5.75 Å². The van der Waals surface area contributed by atoms with E-state index in [-0.39, 0.29) is 36.4 Å². The van der Waals surface area contributed by atoms with Crippen LogP contribution in [0.1, 0.15) is 6.42 Å². The van der Waals surface area contributed by atoms with Gasteiger partial charge in [0.1, 0.15) is 0 Å². The van der Waals surface area contributed by atoms with Gasteiger partial charge in [-0.1, -0.05) is 16.7 Å². The van der Waals surface area contributed by atoms with Crippen molar-refractivity contribution in [1.82, 2.24) is 4.98 Å². The normalized spacial score (nSPS) is 18.8. The Morgan fingerprint density at radius 1 is 1.72 bits per heavy atom. The fourth-order valence-electron chi connectivity index (χ4n) is 1.89. The number of nitrogens with zero attached hydrogens (tertiary/aromatic N) is 5. The van der Waals surface area contributed by atoms with E-state index >= 15 is 0 Å². The Morgan fingerprint density at radius 3 is 3.17 bits per heavy atom. The molecule has 0 aliphatic carbocycles. The molecule has 2 rings (SSSR count). The molecule has 1 aliphatic heterocycles. The Hall–Kier alpha value is -1.98. The van der Waals surface area contributed by atoms with Crippen LogP contribution in [0.3, 0.4) is 0 Å². The molecule has 1 unspecified atom stereocenters. The molecule has 18 heavy (non-hydrogen) atoms. The molecule has 2 heterocycles. The van der Waals surface area contributed by atoms with Crippen molar-refractivity contribution in [2.45, 2.75) is 6.42 Å². The molecule has 8 heteroatoms. The highest BCUT2D eigenvalue weighted by Gasteiger charge is 2.32. The first-order valence-corrected chi connectivity index (χ1v) is 5.65. The maximum atomic E-state index is 11.8. The number of halogens is 1. The van der Waals surface area contributed by atoms with Crippen LogP contribution in [0.25, 0.3) is 10.4 Å². The number of amides is 1. The molecule has 1 fully saturated rings. The zero-order valence-corrected chi connectivity index (χ0v) is 10.1. The number of rotatable bonds is 3. The van der Waals surface area contributed by atoms with E-state index in [1.165, 1.54) is 17.2 Å². The summed E-state index contributed by atoms with van der Waals surface area (Å²) in [5.74, 6) is -0.156. The first-order chi connectivity index (χ1) is 8.61. The number of hydrogen-bond acceptors (Lipinski definition) is 4. The summed E-state index contributed by atoms with van der Waals surface area (Å²) in [5, 5.41) is 13.5. The summed E-state index contributed by atoms with van der Waals surface area (Å²) in [4.78, 5) is 19.8. The van der Waals surface area contributed by atoms with Crippen molar-refractivity contribution in [3.8, 4) is 5.75 Å². The van der Waals surface area contributed by atoms with Crippen LogP contribution in [0.15, 0.2) is 17.4 Å². The molecule has 0 saturated carbocycles. The zero-order chi connectivity index (χ0) is 13.1. The summed E-state index contributed by atoms with van der Waals surface area (Å²) in [6.07, 6.45) is 1.65. The third kappa shape index (κ3) is 2.47. The third-order valence-corrected chi connectivity index (χ3v) is 2.88. The number of pyridine rings is 1. The molecule has 1 aromatic heterocycles. The van der Waals surface area contributed by atoms with Gasteiger partial charge in [-0.15, -0.1) is 0 Å². The first-order valence-electron chi connectivity index (χ1n) is 5.27. The SMILES string of the molecule is [N-]=[N+]=NCC1CC(=O)N(c2ncc(Cl)cc2O)C1. The van der Waals surface area contributed by atoms with Gasteiger partial charge in [0.2, 0.25) is 5.91 Å². The molecule has 1 atom stereocenters. The summed E-state index contributed by atoms with van der Waals surface area (Å²) < 4.78 is 0. The van der Waals surface area contributed by atoms with Gasteiger partial charge < -0.3 is 5.11 Å². The number of aromatic hydroxyl groups is 1. The zero-order valence-electron chi connectivity index (χ0n) is 9.32. The van der Waals surface area contributed by atoms with Crippen LogP contribution < -0.4 is 4.90 Å². The van der Waals surface area contributed by atoms with Crippen molar-refractivity contribution >= 4 is 23.3 Å². The summed E-state index contributed by atoms with van der Waals surface area (Å²) in [6.45, 7) is 0.632. The minimum atomic E-state index is -0.154. The van der Waals surface area contributed by atoms with Gasteiger partial charge in [0, 0.05) is 36.7 Å². The lowest BCUT2D eigenvalue weighted by Crippen LogP contribution is -2.25. The highest BCUT2D eigenvalue weighted by Crippen LogP contribution is 2.31. The molecule has 0 aromatic carbocycles. The highest BCUT2D eigenvalue weighted by molar-refractivity contribution is 6.30. The van der Waals surface area contributed by atoms with Gasteiger partial charge in [-0.05, 0) is 11.4 Å². The van der Waals surface area contributed by atoms with Crippen molar-refractivity contribution in [3.63, 3.8) is 0 Å². The van der Waals surface area contributed by atoms with Crippen LogP contribution in [-0.4, -0.2) is 29.1 Å². The Bertz CT molecular complexity index is 529. The van der Waals surface area contributed by atoms with Crippen LogP contribution in [0.2, 0.25) is 5.02 Å². The number of aromatic nitrogens is 1. The van der Waals surface area contributed by atoms with Gasteiger partial charge in [0.15, 0.2) is 11.6 Å². The fourth-order valence-corrected chi connectivity index (χ4v) is 2.04. The first kappa shape index (κ1) is 12.5. The number of hydrogen-bond donors (Lipinski definition) is 1. The molecule has 1 N–H and O–H groups in total. The largest absolute Gasteiger partial charge is 0.504 e. The lowest BCUT2D eigenvalue weighted by molar-refractivity contribution is -0.117. The number of carbonyl (C=O) groups excluding carboxylic acids is 1. The second-order valence-electron chi connectivity index (χ2n) is 3.98. The molecular formula is C10H10ClN5O2. The van der Waals surface area contributed by atoms with Crippen LogP contribution in [0.4, 0.5) is 5.82 Å². The quantitative estimate of drug-likeness (QED) is 0.515. The topological polar surface area (TPSA) is 102 Å². The van der Waals surface area contributed by atoms with Gasteiger partial charge in [0.25, 0.3) is 0 Å². The van der Waals surface area contributed by atoms with E-state index in [1.54, 1.807) is 0 Å². The van der Waals surface area contributed by atoms with Gasteiger partial charge in [-0.25, -0.2) is 4.98 Å². The van der Waals surface area contributed by atoms with Crippen LogP contribution in [-0.2, 0) is 4.79 Å². The molecule has 7 nitrogen and oxygen atoms in total. The molecule has 0 radical (unpaired) electrons. The van der Waals surface area contributed by atoms with E-state index in [0.717, 1.165) is 0 Å². The number of azide groups is 1. The van der Waals surface area contributed by atoms with Crippen molar-refractivity contribution < 1.29 is 9.90 Å². The number of carbonyl (C=O) groups is 1. The molecule has 1 aromatic rings. The van der Waals surface area contributed by atoms with Crippen LogP contribution >= 0.6 is 11.6 Å². The molecule has 1 saturated heterocycles. The van der Waals surface area contributed by atoms with E-state index in [1.807, 2.05) is 0 Å². The average Bonchev–Trinajstić information content (AvgIpc) is 2.68. The van der Waals surface area contributed by atoms with Crippen molar-refractivity contribution in [3.05, 3.63) is 27.7 Å². The highest BCUT2D eigenvalue weighted by atomic mass is 35.5. The Labute approximate surface area is 108 Å².